The summed E-state index contributed by atoms with van der Waals surface area (Å²) in [6, 6.07) is 8.31. The zero-order chi connectivity index (χ0) is 10.6. The average molecular weight is 189 g/mol. The van der Waals surface area contributed by atoms with Crippen molar-refractivity contribution in [2.24, 2.45) is 0 Å². The van der Waals surface area contributed by atoms with Gasteiger partial charge in [0, 0.05) is 6.42 Å². The molecule has 1 nitrogen and oxygen atoms in total. The van der Waals surface area contributed by atoms with E-state index in [2.05, 4.69) is 39.0 Å². The second kappa shape index (κ2) is 4.41. The lowest BCUT2D eigenvalue weighted by atomic mass is 9.83. The Kier molecular flexibility index (Phi) is 3.45. The third-order valence-electron chi connectivity index (χ3n) is 2.32. The van der Waals surface area contributed by atoms with Crippen LogP contribution in [-0.2, 0) is 16.6 Å². The zero-order valence-electron chi connectivity index (χ0n) is 9.13. The molecule has 0 aliphatic carbocycles. The van der Waals surface area contributed by atoms with Gasteiger partial charge in [0.1, 0.15) is 0 Å². The Morgan fingerprint density at radius 1 is 1.21 bits per heavy atom. The second-order valence-electron chi connectivity index (χ2n) is 4.55. The van der Waals surface area contributed by atoms with Crippen LogP contribution in [0.5, 0.6) is 0 Å². The minimum atomic E-state index is 0.152. The van der Waals surface area contributed by atoms with Crippen molar-refractivity contribution in [1.82, 2.24) is 0 Å². The van der Waals surface area contributed by atoms with Crippen molar-refractivity contribution in [3.8, 4) is 0 Å². The van der Waals surface area contributed by atoms with Crippen LogP contribution in [-0.4, -0.2) is 6.29 Å². The average Bonchev–Trinajstić information content (AvgIpc) is 2.14. The van der Waals surface area contributed by atoms with Gasteiger partial charge in [0.2, 0.25) is 0 Å². The van der Waals surface area contributed by atoms with Gasteiger partial charge in [0.15, 0.2) is 6.29 Å². The van der Waals surface area contributed by atoms with E-state index in [1.165, 1.54) is 11.1 Å². The number of benzene rings is 1. The first-order valence-corrected chi connectivity index (χ1v) is 4.99. The summed E-state index contributed by atoms with van der Waals surface area (Å²) in [6.07, 6.45) is 3.24. The maximum absolute atomic E-state index is 10.2. The minimum Gasteiger partial charge on any atom is -0.291 e. The first-order valence-electron chi connectivity index (χ1n) is 4.99. The summed E-state index contributed by atoms with van der Waals surface area (Å²) in [4.78, 5) is 10.2. The van der Waals surface area contributed by atoms with Crippen LogP contribution in [0.1, 0.15) is 38.3 Å². The van der Waals surface area contributed by atoms with Gasteiger partial charge in [-0.25, -0.2) is 0 Å². The van der Waals surface area contributed by atoms with Crippen LogP contribution in [0.15, 0.2) is 24.3 Å². The van der Waals surface area contributed by atoms with Gasteiger partial charge in [-0.3, -0.25) is 4.79 Å². The summed E-state index contributed by atoms with van der Waals surface area (Å²) in [5, 5.41) is 0. The fourth-order valence-corrected chi connectivity index (χ4v) is 1.66. The fourth-order valence-electron chi connectivity index (χ4n) is 1.66. The van der Waals surface area contributed by atoms with Crippen molar-refractivity contribution in [1.29, 1.82) is 0 Å². The molecule has 14 heavy (non-hydrogen) atoms. The van der Waals surface area contributed by atoms with E-state index in [4.69, 9.17) is 0 Å². The Labute approximate surface area is 86.1 Å². The molecule has 0 spiro atoms. The third kappa shape index (κ3) is 2.69. The molecule has 0 amide bonds. The Bertz CT molecular complexity index is 307. The molecule has 1 aromatic rings. The molecule has 0 aromatic heterocycles. The van der Waals surface area contributed by atoms with E-state index in [1.54, 1.807) is 0 Å². The van der Waals surface area contributed by atoms with Gasteiger partial charge < -0.3 is 0 Å². The smallest absolute Gasteiger partial charge is 0.198 e. The van der Waals surface area contributed by atoms with Crippen LogP contribution in [0.4, 0.5) is 0 Å². The summed E-state index contributed by atoms with van der Waals surface area (Å²) in [6.45, 7) is 6.57. The first-order chi connectivity index (χ1) is 6.55. The highest BCUT2D eigenvalue weighted by molar-refractivity contribution is 5.51. The fraction of sp³-hybridized carbons (Fsp3) is 0.462. The third-order valence-corrected chi connectivity index (χ3v) is 2.32. The van der Waals surface area contributed by atoms with Crippen molar-refractivity contribution >= 4 is 6.29 Å². The van der Waals surface area contributed by atoms with E-state index in [1.807, 2.05) is 12.4 Å². The Hall–Kier alpha value is -1.11. The lowest BCUT2D eigenvalue weighted by Gasteiger charge is -2.22. The Morgan fingerprint density at radius 2 is 1.86 bits per heavy atom. The van der Waals surface area contributed by atoms with E-state index in [-0.39, 0.29) is 5.41 Å². The van der Waals surface area contributed by atoms with Crippen LogP contribution in [0, 0.1) is 0 Å². The largest absolute Gasteiger partial charge is 0.291 e. The first kappa shape index (κ1) is 11.0. The van der Waals surface area contributed by atoms with Crippen LogP contribution in [0.3, 0.4) is 0 Å². The number of hydrogen-bond donors (Lipinski definition) is 0. The van der Waals surface area contributed by atoms with Crippen molar-refractivity contribution < 1.29 is 4.79 Å². The minimum absolute atomic E-state index is 0.152. The van der Waals surface area contributed by atoms with Crippen molar-refractivity contribution in [2.75, 3.05) is 0 Å². The highest BCUT2D eigenvalue weighted by Gasteiger charge is 2.16. The normalized spacial score (nSPS) is 11.4. The van der Waals surface area contributed by atoms with Gasteiger partial charge in [0.25, 0.3) is 0 Å². The molecule has 0 aliphatic heterocycles. The highest BCUT2D eigenvalue weighted by Crippen LogP contribution is 2.26. The van der Waals surface area contributed by atoms with E-state index in [0.717, 1.165) is 6.42 Å². The van der Waals surface area contributed by atoms with Crippen LogP contribution < -0.4 is 0 Å². The molecule has 75 valence electrons. The van der Waals surface area contributed by atoms with E-state index in [0.29, 0.717) is 6.42 Å². The number of rotatable bonds is 3. The van der Waals surface area contributed by atoms with E-state index in [9.17, 15) is 4.79 Å². The molecular weight excluding hydrogens is 172 g/mol. The maximum Gasteiger partial charge on any atom is 0.198 e. The molecule has 0 atom stereocenters. The predicted molar refractivity (Wildman–Crippen MR) is 59.2 cm³/mol. The molecule has 0 aliphatic rings. The van der Waals surface area contributed by atoms with Gasteiger partial charge in [-0.05, 0) is 23.0 Å². The SMILES string of the molecule is CC(C)(C)c1ccccc1CC[C]=O. The number of hydrogen-bond acceptors (Lipinski definition) is 1. The van der Waals surface area contributed by atoms with Gasteiger partial charge in [-0.1, -0.05) is 45.0 Å². The molecular formula is C13H17O. The molecule has 0 saturated heterocycles. The standard InChI is InChI=1S/C13H17O/c1-13(2,3)12-9-5-4-7-11(12)8-6-10-14/h4-5,7,9H,6,8H2,1-3H3. The summed E-state index contributed by atoms with van der Waals surface area (Å²) in [5.74, 6) is 0. The van der Waals surface area contributed by atoms with Gasteiger partial charge >= 0.3 is 0 Å². The molecule has 0 unspecified atom stereocenters. The van der Waals surface area contributed by atoms with Crippen LogP contribution in [0.25, 0.3) is 0 Å². The lowest BCUT2D eigenvalue weighted by Crippen LogP contribution is -2.14. The van der Waals surface area contributed by atoms with Crippen molar-refractivity contribution in [3.63, 3.8) is 0 Å². The number of carbonyl (C=O) groups excluding carboxylic acids is 1. The summed E-state index contributed by atoms with van der Waals surface area (Å²) in [5.41, 5.74) is 2.75. The molecule has 1 heteroatoms. The van der Waals surface area contributed by atoms with Gasteiger partial charge in [0.05, 0.1) is 0 Å². The molecule has 1 aromatic carbocycles. The monoisotopic (exact) mass is 189 g/mol. The quantitative estimate of drug-likeness (QED) is 0.714. The summed E-state index contributed by atoms with van der Waals surface area (Å²) in [7, 11) is 0. The maximum atomic E-state index is 10.2. The lowest BCUT2D eigenvalue weighted by molar-refractivity contribution is 0.549. The molecule has 0 saturated carbocycles. The van der Waals surface area contributed by atoms with Crippen LogP contribution >= 0.6 is 0 Å². The highest BCUT2D eigenvalue weighted by atomic mass is 16.1. The predicted octanol–water partition coefficient (Wildman–Crippen LogP) is 3.03. The molecule has 0 heterocycles. The molecule has 1 rings (SSSR count). The van der Waals surface area contributed by atoms with E-state index >= 15 is 0 Å². The Morgan fingerprint density at radius 3 is 2.43 bits per heavy atom. The molecule has 0 fully saturated rings. The van der Waals surface area contributed by atoms with Gasteiger partial charge in [-0.2, -0.15) is 0 Å². The second-order valence-corrected chi connectivity index (χ2v) is 4.55. The van der Waals surface area contributed by atoms with Crippen molar-refractivity contribution in [3.05, 3.63) is 35.4 Å². The molecule has 0 N–H and O–H groups in total. The summed E-state index contributed by atoms with van der Waals surface area (Å²) >= 11 is 0. The molecule has 0 bridgehead atoms. The Balaban J connectivity index is 2.97. The van der Waals surface area contributed by atoms with E-state index < -0.39 is 0 Å². The molecule has 1 radical (unpaired) electrons. The summed E-state index contributed by atoms with van der Waals surface area (Å²) < 4.78 is 0. The van der Waals surface area contributed by atoms with Gasteiger partial charge in [-0.15, -0.1) is 0 Å². The van der Waals surface area contributed by atoms with Crippen molar-refractivity contribution in [2.45, 2.75) is 39.0 Å². The number of aryl methyl sites for hydroxylation is 1. The van der Waals surface area contributed by atoms with Crippen LogP contribution in [0.2, 0.25) is 0 Å². The zero-order valence-corrected chi connectivity index (χ0v) is 9.13. The topological polar surface area (TPSA) is 17.1 Å².